The van der Waals surface area contributed by atoms with Crippen molar-refractivity contribution in [2.24, 2.45) is 0 Å². The highest BCUT2D eigenvalue weighted by Crippen LogP contribution is 2.39. The number of nitrogens with one attached hydrogen (secondary N) is 2. The molecule has 0 bridgehead atoms. The zero-order valence-corrected chi connectivity index (χ0v) is 18.0. The molecule has 4 heterocycles. The summed E-state index contributed by atoms with van der Waals surface area (Å²) in [5.41, 5.74) is 1.29. The molecule has 0 aromatic carbocycles. The van der Waals surface area contributed by atoms with Crippen LogP contribution in [0.15, 0.2) is 39.1 Å². The summed E-state index contributed by atoms with van der Waals surface area (Å²) in [4.78, 5) is 35.2. The molecule has 0 aliphatic carbocycles. The molecule has 0 atom stereocenters. The Bertz CT molecular complexity index is 1390. The van der Waals surface area contributed by atoms with E-state index in [1.807, 2.05) is 6.92 Å². The van der Waals surface area contributed by atoms with E-state index in [0.717, 1.165) is 16.7 Å². The fraction of sp³-hybridized carbons (Fsp3) is 0.200. The van der Waals surface area contributed by atoms with E-state index in [1.165, 1.54) is 25.4 Å². The predicted octanol–water partition coefficient (Wildman–Crippen LogP) is 4.15. The number of carbonyl (C=O) groups is 1. The van der Waals surface area contributed by atoms with Crippen molar-refractivity contribution in [2.45, 2.75) is 26.4 Å². The summed E-state index contributed by atoms with van der Waals surface area (Å²) in [6.07, 6.45) is -1.20. The molecule has 0 radical (unpaired) electrons. The minimum absolute atomic E-state index is 0.00869. The first-order valence-corrected chi connectivity index (χ1v) is 10.4. The predicted molar refractivity (Wildman–Crippen MR) is 113 cm³/mol. The first-order chi connectivity index (χ1) is 15.7. The summed E-state index contributed by atoms with van der Waals surface area (Å²) in [6, 6.07) is 3.11. The van der Waals surface area contributed by atoms with E-state index in [9.17, 15) is 22.8 Å². The van der Waals surface area contributed by atoms with Gasteiger partial charge < -0.3 is 9.73 Å². The minimum atomic E-state index is -4.60. The van der Waals surface area contributed by atoms with Crippen molar-refractivity contribution in [1.82, 2.24) is 25.1 Å². The van der Waals surface area contributed by atoms with Gasteiger partial charge in [-0.15, -0.1) is 16.4 Å². The Morgan fingerprint density at radius 2 is 1.97 bits per heavy atom. The zero-order chi connectivity index (χ0) is 23.8. The van der Waals surface area contributed by atoms with Gasteiger partial charge in [-0.3, -0.25) is 9.78 Å². The number of aryl methyl sites for hydroxylation is 1. The van der Waals surface area contributed by atoms with Gasteiger partial charge in [-0.25, -0.2) is 19.9 Å². The molecule has 1 amide bonds. The number of aromatic nitrogens is 5. The maximum Gasteiger partial charge on any atom is 0.434 e. The van der Waals surface area contributed by atoms with E-state index in [1.54, 1.807) is 6.07 Å². The van der Waals surface area contributed by atoms with E-state index in [0.29, 0.717) is 34.4 Å². The number of thiazole rings is 1. The molecule has 0 fully saturated rings. The molecule has 4 rings (SSSR count). The summed E-state index contributed by atoms with van der Waals surface area (Å²) < 4.78 is 44.5. The Balaban J connectivity index is 1.92. The lowest BCUT2D eigenvalue weighted by molar-refractivity contribution is -0.140. The summed E-state index contributed by atoms with van der Waals surface area (Å²) >= 11 is 0.814. The number of hydrogen-bond donors (Lipinski definition) is 2. The number of amides is 1. The maximum atomic E-state index is 13.2. The Kier molecular flexibility index (Phi) is 5.80. The lowest BCUT2D eigenvalue weighted by Gasteiger charge is -2.13. The lowest BCUT2D eigenvalue weighted by Crippen LogP contribution is -2.08. The SMILES string of the molecule is CCc1ncc(-c2n[nH]c(=O)o2)cc1-c1cnc(NC(C)=O)cc1-c1nc(C(F)(F)F)cs1. The third-order valence-electron chi connectivity index (χ3n) is 4.51. The van der Waals surface area contributed by atoms with E-state index >= 15 is 0 Å². The van der Waals surface area contributed by atoms with Gasteiger partial charge in [0.2, 0.25) is 5.91 Å². The number of nitrogens with zero attached hydrogens (tertiary/aromatic N) is 4. The van der Waals surface area contributed by atoms with E-state index < -0.39 is 17.6 Å². The largest absolute Gasteiger partial charge is 0.434 e. The summed E-state index contributed by atoms with van der Waals surface area (Å²) in [7, 11) is 0. The molecule has 9 nitrogen and oxygen atoms in total. The molecular formula is C20H15F3N6O3S. The first kappa shape index (κ1) is 22.3. The average molecular weight is 476 g/mol. The first-order valence-electron chi connectivity index (χ1n) is 9.51. The average Bonchev–Trinajstić information content (AvgIpc) is 3.42. The second-order valence-electron chi connectivity index (χ2n) is 6.82. The van der Waals surface area contributed by atoms with Crippen LogP contribution in [-0.4, -0.2) is 31.1 Å². The third-order valence-corrected chi connectivity index (χ3v) is 5.39. The van der Waals surface area contributed by atoms with Crippen LogP contribution in [0.3, 0.4) is 0 Å². The highest BCUT2D eigenvalue weighted by molar-refractivity contribution is 7.13. The van der Waals surface area contributed by atoms with Crippen LogP contribution in [-0.2, 0) is 17.4 Å². The van der Waals surface area contributed by atoms with Gasteiger partial charge in [-0.1, -0.05) is 6.92 Å². The van der Waals surface area contributed by atoms with Crippen LogP contribution < -0.4 is 11.1 Å². The normalized spacial score (nSPS) is 11.5. The Labute approximate surface area is 187 Å². The number of carbonyl (C=O) groups excluding carboxylic acids is 1. The standard InChI is InChI=1S/C20H15F3N6O3S/c1-3-14-11(4-10(6-24-14)17-28-29-19(31)32-17)13-7-25-16(26-9(2)30)5-12(13)18-27-15(8-33-18)20(21,22)23/h4-8H,3H2,1-2H3,(H,29,31)(H,25,26,30). The van der Waals surface area contributed by atoms with Gasteiger partial charge in [-0.2, -0.15) is 13.2 Å². The molecule has 4 aromatic heterocycles. The molecule has 0 aliphatic heterocycles. The molecule has 33 heavy (non-hydrogen) atoms. The van der Waals surface area contributed by atoms with Crippen LogP contribution in [0, 0.1) is 0 Å². The molecule has 13 heteroatoms. The molecule has 0 aliphatic rings. The number of H-pyrrole nitrogens is 1. The monoisotopic (exact) mass is 476 g/mol. The summed E-state index contributed by atoms with van der Waals surface area (Å²) in [5, 5.41) is 9.49. The van der Waals surface area contributed by atoms with Crippen molar-refractivity contribution in [2.75, 3.05) is 5.32 Å². The van der Waals surface area contributed by atoms with Crippen molar-refractivity contribution in [3.8, 4) is 33.2 Å². The minimum Gasteiger partial charge on any atom is -0.388 e. The van der Waals surface area contributed by atoms with Crippen LogP contribution in [0.4, 0.5) is 19.0 Å². The van der Waals surface area contributed by atoms with Crippen molar-refractivity contribution in [3.05, 3.63) is 51.8 Å². The molecule has 0 unspecified atom stereocenters. The van der Waals surface area contributed by atoms with Gasteiger partial charge >= 0.3 is 11.9 Å². The summed E-state index contributed by atoms with van der Waals surface area (Å²) in [5.74, 6) is -0.960. The van der Waals surface area contributed by atoms with Crippen molar-refractivity contribution >= 4 is 23.1 Å². The fourth-order valence-electron chi connectivity index (χ4n) is 3.10. The fourth-order valence-corrected chi connectivity index (χ4v) is 3.96. The Morgan fingerprint density at radius 1 is 1.18 bits per heavy atom. The van der Waals surface area contributed by atoms with E-state index in [2.05, 4.69) is 30.5 Å². The van der Waals surface area contributed by atoms with Crippen molar-refractivity contribution < 1.29 is 22.4 Å². The molecule has 170 valence electrons. The molecule has 2 N–H and O–H groups in total. The Hall–Kier alpha value is -3.87. The van der Waals surface area contributed by atoms with Gasteiger partial charge in [-0.05, 0) is 18.6 Å². The van der Waals surface area contributed by atoms with Crippen LogP contribution in [0.1, 0.15) is 25.2 Å². The van der Waals surface area contributed by atoms with Gasteiger partial charge in [0, 0.05) is 47.1 Å². The molecule has 0 spiro atoms. The van der Waals surface area contributed by atoms with E-state index in [-0.39, 0.29) is 22.6 Å². The van der Waals surface area contributed by atoms with Crippen LogP contribution in [0.25, 0.3) is 33.2 Å². The number of pyridine rings is 2. The number of rotatable bonds is 5. The van der Waals surface area contributed by atoms with E-state index in [4.69, 9.17) is 4.42 Å². The van der Waals surface area contributed by atoms with Crippen LogP contribution in [0.5, 0.6) is 0 Å². The molecule has 0 saturated carbocycles. The highest BCUT2D eigenvalue weighted by Gasteiger charge is 2.34. The number of alkyl halides is 3. The Morgan fingerprint density at radius 3 is 2.58 bits per heavy atom. The smallest absolute Gasteiger partial charge is 0.388 e. The van der Waals surface area contributed by atoms with Crippen molar-refractivity contribution in [3.63, 3.8) is 0 Å². The third kappa shape index (κ3) is 4.67. The number of anilines is 1. The highest BCUT2D eigenvalue weighted by atomic mass is 32.1. The number of hydrogen-bond acceptors (Lipinski definition) is 8. The lowest BCUT2D eigenvalue weighted by atomic mass is 9.98. The van der Waals surface area contributed by atoms with Gasteiger partial charge in [0.25, 0.3) is 5.89 Å². The molecule has 0 saturated heterocycles. The topological polar surface area (TPSA) is 127 Å². The van der Waals surface area contributed by atoms with Crippen LogP contribution >= 0.6 is 11.3 Å². The maximum absolute atomic E-state index is 13.2. The van der Waals surface area contributed by atoms with Gasteiger partial charge in [0.1, 0.15) is 10.8 Å². The van der Waals surface area contributed by atoms with Crippen LogP contribution in [0.2, 0.25) is 0 Å². The number of halogens is 3. The molecule has 4 aromatic rings. The zero-order valence-electron chi connectivity index (χ0n) is 17.1. The van der Waals surface area contributed by atoms with Crippen molar-refractivity contribution in [1.29, 1.82) is 0 Å². The van der Waals surface area contributed by atoms with Gasteiger partial charge in [0.15, 0.2) is 5.69 Å². The second kappa shape index (κ2) is 8.58. The second-order valence-corrected chi connectivity index (χ2v) is 7.68. The van der Waals surface area contributed by atoms with Gasteiger partial charge in [0.05, 0.1) is 5.56 Å². The molecular weight excluding hydrogens is 461 g/mol. The quantitative estimate of drug-likeness (QED) is 0.443. The summed E-state index contributed by atoms with van der Waals surface area (Å²) in [6.45, 7) is 3.16. The number of aromatic amines is 1.